The van der Waals surface area contributed by atoms with E-state index in [4.69, 9.17) is 5.11 Å². The Morgan fingerprint density at radius 3 is 1.83 bits per heavy atom. The molecule has 0 heterocycles. The zero-order chi connectivity index (χ0) is 14.3. The summed E-state index contributed by atoms with van der Waals surface area (Å²) >= 11 is 0. The largest absolute Gasteiger partial charge is 0.419 e. The Kier molecular flexibility index (Phi) is 3.57. The molecule has 1 nitrogen and oxygen atoms in total. The molecule has 1 atom stereocenters. The van der Waals surface area contributed by atoms with Gasteiger partial charge in [0.25, 0.3) is 0 Å². The summed E-state index contributed by atoms with van der Waals surface area (Å²) < 4.78 is 98.3. The van der Waals surface area contributed by atoms with E-state index in [1.165, 1.54) is 0 Å². The normalized spacial score (nSPS) is 14.7. The highest BCUT2D eigenvalue weighted by atomic mass is 19.4. The number of rotatable bonds is 1. The summed E-state index contributed by atoms with van der Waals surface area (Å²) in [5.74, 6) is -4.44. The Balaban J connectivity index is 3.38. The first kappa shape index (κ1) is 14.7. The van der Waals surface area contributed by atoms with Crippen molar-refractivity contribution in [3.63, 3.8) is 0 Å². The molecular weight excluding hydrogens is 276 g/mol. The number of halogens is 8. The van der Waals surface area contributed by atoms with E-state index in [-0.39, 0.29) is 12.1 Å². The molecule has 9 heteroatoms. The molecule has 1 N–H and O–H groups in total. The van der Waals surface area contributed by atoms with Gasteiger partial charge in [0.05, 0.1) is 5.56 Å². The second kappa shape index (κ2) is 4.38. The second-order valence-electron chi connectivity index (χ2n) is 3.31. The van der Waals surface area contributed by atoms with E-state index in [1.807, 2.05) is 0 Å². The molecule has 1 unspecified atom stereocenters. The smallest absolute Gasteiger partial charge is 0.379 e. The number of hydrogen-bond acceptors (Lipinski definition) is 1. The zero-order valence-corrected chi connectivity index (χ0v) is 8.20. The molecule has 1 aromatic carbocycles. The minimum atomic E-state index is -5.37. The average Bonchev–Trinajstić information content (AvgIpc) is 2.17. The molecule has 0 radical (unpaired) electrons. The quantitative estimate of drug-likeness (QED) is 0.779. The molecule has 18 heavy (non-hydrogen) atoms. The van der Waals surface area contributed by atoms with Crippen molar-refractivity contribution in [2.45, 2.75) is 18.5 Å². The predicted molar refractivity (Wildman–Crippen MR) is 42.4 cm³/mol. The van der Waals surface area contributed by atoms with Gasteiger partial charge in [-0.25, -0.2) is 8.78 Å². The Morgan fingerprint density at radius 2 is 1.44 bits per heavy atom. The van der Waals surface area contributed by atoms with Gasteiger partial charge in [-0.15, -0.1) is 0 Å². The van der Waals surface area contributed by atoms with Gasteiger partial charge in [0.1, 0.15) is 0 Å². The van der Waals surface area contributed by atoms with Gasteiger partial charge in [-0.3, -0.25) is 0 Å². The standard InChI is InChI=1S/C9H4F8O/c10-5-2-3(7(18)9(15,16)17)1-4(6(5)11)8(12,13)14/h1-2,7,18H. The molecule has 0 amide bonds. The van der Waals surface area contributed by atoms with Crippen molar-refractivity contribution in [3.05, 3.63) is 34.9 Å². The first-order valence-electron chi connectivity index (χ1n) is 4.25. The van der Waals surface area contributed by atoms with Crippen molar-refractivity contribution in [1.82, 2.24) is 0 Å². The zero-order valence-electron chi connectivity index (χ0n) is 8.20. The van der Waals surface area contributed by atoms with Gasteiger partial charge in [0.15, 0.2) is 17.7 Å². The Morgan fingerprint density at radius 1 is 0.944 bits per heavy atom. The molecule has 0 bridgehead atoms. The number of benzene rings is 1. The summed E-state index contributed by atoms with van der Waals surface area (Å²) in [6, 6.07) is -0.417. The van der Waals surface area contributed by atoms with Crippen LogP contribution < -0.4 is 0 Å². The summed E-state index contributed by atoms with van der Waals surface area (Å²) in [5, 5.41) is 8.68. The van der Waals surface area contributed by atoms with Gasteiger partial charge >= 0.3 is 12.4 Å². The molecule has 0 spiro atoms. The maximum Gasteiger partial charge on any atom is 0.419 e. The number of hydrogen-bond donors (Lipinski definition) is 1. The Labute approximate surface area is 94.6 Å². The molecule has 0 saturated heterocycles. The van der Waals surface area contributed by atoms with Crippen LogP contribution in [0, 0.1) is 11.6 Å². The van der Waals surface area contributed by atoms with E-state index >= 15 is 0 Å². The van der Waals surface area contributed by atoms with E-state index in [1.54, 1.807) is 0 Å². The molecule has 0 saturated carbocycles. The average molecular weight is 280 g/mol. The SMILES string of the molecule is OC(c1cc(F)c(F)c(C(F)(F)F)c1)C(F)(F)F. The fourth-order valence-electron chi connectivity index (χ4n) is 1.16. The van der Waals surface area contributed by atoms with Gasteiger partial charge in [-0.2, -0.15) is 26.3 Å². The van der Waals surface area contributed by atoms with Crippen LogP contribution in [0.1, 0.15) is 17.2 Å². The van der Waals surface area contributed by atoms with Crippen molar-refractivity contribution in [2.24, 2.45) is 0 Å². The lowest BCUT2D eigenvalue weighted by Gasteiger charge is -2.17. The van der Waals surface area contributed by atoms with Crippen molar-refractivity contribution in [1.29, 1.82) is 0 Å². The maximum absolute atomic E-state index is 12.8. The molecule has 1 aromatic rings. The summed E-state index contributed by atoms with van der Waals surface area (Å²) in [6.07, 6.45) is -14.0. The van der Waals surface area contributed by atoms with Crippen LogP contribution in [0.4, 0.5) is 35.1 Å². The number of aliphatic hydroxyl groups excluding tert-OH is 1. The van der Waals surface area contributed by atoms with Crippen molar-refractivity contribution in [2.75, 3.05) is 0 Å². The summed E-state index contributed by atoms with van der Waals surface area (Å²) in [5.41, 5.74) is -3.63. The van der Waals surface area contributed by atoms with Gasteiger partial charge < -0.3 is 5.11 Å². The highest BCUT2D eigenvalue weighted by molar-refractivity contribution is 5.30. The second-order valence-corrected chi connectivity index (χ2v) is 3.31. The van der Waals surface area contributed by atoms with Gasteiger partial charge in [0, 0.05) is 0 Å². The summed E-state index contributed by atoms with van der Waals surface area (Å²) in [6.45, 7) is 0. The van der Waals surface area contributed by atoms with Crippen molar-refractivity contribution >= 4 is 0 Å². The lowest BCUT2D eigenvalue weighted by atomic mass is 10.0. The van der Waals surface area contributed by atoms with Crippen LogP contribution >= 0.6 is 0 Å². The van der Waals surface area contributed by atoms with E-state index in [2.05, 4.69) is 0 Å². The molecular formula is C9H4F8O. The molecule has 0 aliphatic rings. The maximum atomic E-state index is 12.8. The number of aliphatic hydroxyl groups is 1. The first-order chi connectivity index (χ1) is 7.94. The van der Waals surface area contributed by atoms with E-state index in [0.717, 1.165) is 0 Å². The van der Waals surface area contributed by atoms with Crippen LogP contribution in [-0.4, -0.2) is 11.3 Å². The number of alkyl halides is 6. The van der Waals surface area contributed by atoms with E-state index in [0.29, 0.717) is 0 Å². The molecule has 102 valence electrons. The third kappa shape index (κ3) is 2.89. The lowest BCUT2D eigenvalue weighted by Crippen LogP contribution is -2.21. The minimum Gasteiger partial charge on any atom is -0.379 e. The summed E-state index contributed by atoms with van der Waals surface area (Å²) in [7, 11) is 0. The third-order valence-corrected chi connectivity index (χ3v) is 1.98. The lowest BCUT2D eigenvalue weighted by molar-refractivity contribution is -0.207. The Bertz CT molecular complexity index is 447. The molecule has 0 aliphatic carbocycles. The van der Waals surface area contributed by atoms with Gasteiger partial charge in [-0.05, 0) is 17.7 Å². The van der Waals surface area contributed by atoms with Crippen LogP contribution in [0.2, 0.25) is 0 Å². The van der Waals surface area contributed by atoms with Gasteiger partial charge in [0.2, 0.25) is 0 Å². The molecule has 0 aliphatic heterocycles. The Hall–Kier alpha value is -1.38. The molecule has 1 rings (SSSR count). The highest BCUT2D eigenvalue weighted by Crippen LogP contribution is 2.38. The van der Waals surface area contributed by atoms with Crippen molar-refractivity contribution < 1.29 is 40.2 Å². The first-order valence-corrected chi connectivity index (χ1v) is 4.25. The monoisotopic (exact) mass is 280 g/mol. The molecule has 0 aromatic heterocycles. The fourth-order valence-corrected chi connectivity index (χ4v) is 1.16. The van der Waals surface area contributed by atoms with Gasteiger partial charge in [-0.1, -0.05) is 0 Å². The topological polar surface area (TPSA) is 20.2 Å². The van der Waals surface area contributed by atoms with E-state index in [9.17, 15) is 35.1 Å². The van der Waals surface area contributed by atoms with Crippen LogP contribution in [0.25, 0.3) is 0 Å². The predicted octanol–water partition coefficient (Wildman–Crippen LogP) is 3.58. The van der Waals surface area contributed by atoms with Crippen LogP contribution in [0.15, 0.2) is 12.1 Å². The molecule has 0 fully saturated rings. The summed E-state index contributed by atoms with van der Waals surface area (Å²) in [4.78, 5) is 0. The van der Waals surface area contributed by atoms with Crippen LogP contribution in [0.5, 0.6) is 0 Å². The van der Waals surface area contributed by atoms with Crippen LogP contribution in [-0.2, 0) is 6.18 Å². The minimum absolute atomic E-state index is 0.136. The van der Waals surface area contributed by atoms with Crippen molar-refractivity contribution in [3.8, 4) is 0 Å². The van der Waals surface area contributed by atoms with Crippen LogP contribution in [0.3, 0.4) is 0 Å². The van der Waals surface area contributed by atoms with E-state index < -0.39 is 41.2 Å². The third-order valence-electron chi connectivity index (χ3n) is 1.98. The highest BCUT2D eigenvalue weighted by Gasteiger charge is 2.42. The fraction of sp³-hybridized carbons (Fsp3) is 0.333.